The third-order valence-electron chi connectivity index (χ3n) is 2.23. The van der Waals surface area contributed by atoms with E-state index >= 15 is 0 Å². The van der Waals surface area contributed by atoms with E-state index in [4.69, 9.17) is 0 Å². The number of hydrogen-bond donors (Lipinski definition) is 1. The lowest BCUT2D eigenvalue weighted by molar-refractivity contribution is -0.384. The van der Waals surface area contributed by atoms with Crippen LogP contribution >= 0.6 is 0 Å². The van der Waals surface area contributed by atoms with Gasteiger partial charge in [-0.1, -0.05) is 12.1 Å². The molecule has 0 atom stereocenters. The average molecular weight is 219 g/mol. The lowest BCUT2D eigenvalue weighted by Gasteiger charge is -2.05. The van der Waals surface area contributed by atoms with Crippen molar-refractivity contribution in [2.75, 3.05) is 0 Å². The van der Waals surface area contributed by atoms with Gasteiger partial charge in [0.15, 0.2) is 0 Å². The van der Waals surface area contributed by atoms with Gasteiger partial charge in [-0.05, 0) is 13.0 Å². The van der Waals surface area contributed by atoms with Gasteiger partial charge in [0.2, 0.25) is 0 Å². The molecular weight excluding hydrogens is 210 g/mol. The largest absolute Gasteiger partial charge is 0.294 e. The van der Waals surface area contributed by atoms with Gasteiger partial charge in [-0.15, -0.1) is 0 Å². The first-order chi connectivity index (χ1) is 7.59. The Morgan fingerprint density at radius 2 is 2.06 bits per heavy atom. The quantitative estimate of drug-likeness (QED) is 0.612. The molecule has 0 fully saturated rings. The Labute approximate surface area is 90.3 Å². The first kappa shape index (κ1) is 10.2. The highest BCUT2D eigenvalue weighted by Crippen LogP contribution is 2.21. The number of aromatic nitrogens is 2. The van der Waals surface area contributed by atoms with Crippen LogP contribution in [-0.2, 0) is 0 Å². The lowest BCUT2D eigenvalue weighted by atomic mass is 10.2. The molecule has 0 spiro atoms. The summed E-state index contributed by atoms with van der Waals surface area (Å²) < 4.78 is 1.40. The monoisotopic (exact) mass is 219 g/mol. The van der Waals surface area contributed by atoms with Gasteiger partial charge < -0.3 is 0 Å². The fraction of sp³-hybridized carbons (Fsp3) is 0.100. The summed E-state index contributed by atoms with van der Waals surface area (Å²) in [6.45, 7) is 1.70. The number of hydrogen-bond acceptors (Lipinski definition) is 3. The van der Waals surface area contributed by atoms with Gasteiger partial charge in [0.05, 0.1) is 4.92 Å². The van der Waals surface area contributed by atoms with E-state index in [9.17, 15) is 14.9 Å². The second-order valence-electron chi connectivity index (χ2n) is 3.34. The summed E-state index contributed by atoms with van der Waals surface area (Å²) in [6, 6.07) is 7.63. The SMILES string of the molecule is Cc1cc(=O)[nH]n1-c1ccccc1[N+](=O)[O-]. The molecule has 1 aromatic heterocycles. The summed E-state index contributed by atoms with van der Waals surface area (Å²) in [7, 11) is 0. The van der Waals surface area contributed by atoms with Crippen molar-refractivity contribution in [3.05, 3.63) is 56.5 Å². The number of H-pyrrole nitrogens is 1. The normalized spacial score (nSPS) is 10.3. The van der Waals surface area contributed by atoms with E-state index in [1.165, 1.54) is 16.8 Å². The van der Waals surface area contributed by atoms with Crippen molar-refractivity contribution in [3.63, 3.8) is 0 Å². The van der Waals surface area contributed by atoms with Gasteiger partial charge in [0, 0.05) is 17.8 Å². The Kier molecular flexibility index (Phi) is 2.32. The summed E-state index contributed by atoms with van der Waals surface area (Å²) in [5, 5.41) is 13.3. The average Bonchev–Trinajstić information content (AvgIpc) is 2.57. The minimum absolute atomic E-state index is 0.0440. The number of nitrogens with zero attached hydrogens (tertiary/aromatic N) is 2. The second kappa shape index (κ2) is 3.65. The fourth-order valence-corrected chi connectivity index (χ4v) is 1.54. The van der Waals surface area contributed by atoms with Crippen LogP contribution in [-0.4, -0.2) is 14.7 Å². The summed E-state index contributed by atoms with van der Waals surface area (Å²) in [5.41, 5.74) is 0.652. The molecule has 0 bridgehead atoms. The van der Waals surface area contributed by atoms with Crippen molar-refractivity contribution in [2.45, 2.75) is 6.92 Å². The zero-order valence-electron chi connectivity index (χ0n) is 8.51. The molecule has 2 aromatic rings. The van der Waals surface area contributed by atoms with Gasteiger partial charge in [-0.2, -0.15) is 0 Å². The number of nitro benzene ring substituents is 1. The Bertz CT molecular complexity index is 597. The second-order valence-corrected chi connectivity index (χ2v) is 3.34. The van der Waals surface area contributed by atoms with Crippen molar-refractivity contribution in [2.24, 2.45) is 0 Å². The molecule has 82 valence electrons. The number of aromatic amines is 1. The lowest BCUT2D eigenvalue weighted by Crippen LogP contribution is -2.06. The number of benzene rings is 1. The molecule has 1 heterocycles. The van der Waals surface area contributed by atoms with Gasteiger partial charge in [0.25, 0.3) is 11.2 Å². The smallest absolute Gasteiger partial charge is 0.268 e. The third kappa shape index (κ3) is 1.60. The molecule has 0 radical (unpaired) electrons. The van der Waals surface area contributed by atoms with E-state index in [-0.39, 0.29) is 11.2 Å². The first-order valence-electron chi connectivity index (χ1n) is 4.62. The fourth-order valence-electron chi connectivity index (χ4n) is 1.54. The molecule has 0 saturated heterocycles. The number of nitrogens with one attached hydrogen (secondary N) is 1. The van der Waals surface area contributed by atoms with Crippen molar-refractivity contribution >= 4 is 5.69 Å². The third-order valence-corrected chi connectivity index (χ3v) is 2.23. The molecular formula is C10H9N3O3. The van der Waals surface area contributed by atoms with Crippen LogP contribution in [0.4, 0.5) is 5.69 Å². The van der Waals surface area contributed by atoms with Crippen LogP contribution in [0, 0.1) is 17.0 Å². The van der Waals surface area contributed by atoms with Gasteiger partial charge >= 0.3 is 0 Å². The van der Waals surface area contributed by atoms with Crippen LogP contribution in [0.1, 0.15) is 5.69 Å². The van der Waals surface area contributed by atoms with Crippen molar-refractivity contribution in [3.8, 4) is 5.69 Å². The highest BCUT2D eigenvalue weighted by atomic mass is 16.6. The number of rotatable bonds is 2. The molecule has 6 nitrogen and oxygen atoms in total. The first-order valence-corrected chi connectivity index (χ1v) is 4.62. The van der Waals surface area contributed by atoms with E-state index in [1.54, 1.807) is 25.1 Å². The van der Waals surface area contributed by atoms with Crippen LogP contribution in [0.15, 0.2) is 35.1 Å². The van der Waals surface area contributed by atoms with E-state index < -0.39 is 4.92 Å². The standard InChI is InChI=1S/C10H9N3O3/c1-7-6-10(14)11-12(7)8-4-2-3-5-9(8)13(15)16/h2-6H,1H3,(H,11,14). The van der Waals surface area contributed by atoms with Gasteiger partial charge in [-0.25, -0.2) is 0 Å². The molecule has 0 aliphatic heterocycles. The predicted octanol–water partition coefficient (Wildman–Crippen LogP) is 1.38. The number of aryl methyl sites for hydroxylation is 1. The Balaban J connectivity index is 2.69. The van der Waals surface area contributed by atoms with Gasteiger partial charge in [-0.3, -0.25) is 24.7 Å². The number of para-hydroxylation sites is 2. The summed E-state index contributed by atoms with van der Waals surface area (Å²) in [4.78, 5) is 21.5. The molecule has 0 amide bonds. The van der Waals surface area contributed by atoms with Crippen LogP contribution in [0.25, 0.3) is 5.69 Å². The minimum Gasteiger partial charge on any atom is -0.268 e. The Hall–Kier alpha value is -2.37. The minimum atomic E-state index is -0.479. The highest BCUT2D eigenvalue weighted by Gasteiger charge is 2.15. The van der Waals surface area contributed by atoms with Crippen LogP contribution in [0.5, 0.6) is 0 Å². The van der Waals surface area contributed by atoms with Gasteiger partial charge in [0.1, 0.15) is 5.69 Å². The van der Waals surface area contributed by atoms with E-state index in [1.807, 2.05) is 0 Å². The summed E-state index contributed by atoms with van der Waals surface area (Å²) in [5.74, 6) is 0. The molecule has 1 N–H and O–H groups in total. The molecule has 0 aliphatic carbocycles. The number of nitro groups is 1. The molecule has 2 rings (SSSR count). The molecule has 6 heteroatoms. The molecule has 0 saturated carbocycles. The Morgan fingerprint density at radius 1 is 1.38 bits per heavy atom. The topological polar surface area (TPSA) is 80.9 Å². The zero-order valence-corrected chi connectivity index (χ0v) is 8.51. The van der Waals surface area contributed by atoms with Crippen LogP contribution in [0.2, 0.25) is 0 Å². The Morgan fingerprint density at radius 3 is 2.62 bits per heavy atom. The molecule has 16 heavy (non-hydrogen) atoms. The highest BCUT2D eigenvalue weighted by molar-refractivity contribution is 5.52. The predicted molar refractivity (Wildman–Crippen MR) is 57.8 cm³/mol. The van der Waals surface area contributed by atoms with Crippen molar-refractivity contribution in [1.29, 1.82) is 0 Å². The van der Waals surface area contributed by atoms with Crippen LogP contribution in [0.3, 0.4) is 0 Å². The maximum atomic E-state index is 11.1. The maximum Gasteiger partial charge on any atom is 0.294 e. The van der Waals surface area contributed by atoms with E-state index in [0.717, 1.165) is 0 Å². The zero-order chi connectivity index (χ0) is 11.7. The van der Waals surface area contributed by atoms with Crippen LogP contribution < -0.4 is 5.56 Å². The molecule has 1 aromatic carbocycles. The summed E-state index contributed by atoms with van der Waals surface area (Å²) >= 11 is 0. The van der Waals surface area contributed by atoms with E-state index in [2.05, 4.69) is 5.10 Å². The van der Waals surface area contributed by atoms with E-state index in [0.29, 0.717) is 11.4 Å². The molecule has 0 unspecified atom stereocenters. The van der Waals surface area contributed by atoms with Crippen molar-refractivity contribution < 1.29 is 4.92 Å². The van der Waals surface area contributed by atoms with Crippen molar-refractivity contribution in [1.82, 2.24) is 9.78 Å². The summed E-state index contributed by atoms with van der Waals surface area (Å²) in [6.07, 6.45) is 0. The molecule has 0 aliphatic rings. The maximum absolute atomic E-state index is 11.1.